The SMILES string of the molecule is CC(C)(C)c1cccc(-c2ccc3c(c2)[Si](C)(C)c2ccccc2-3)c1. The van der Waals surface area contributed by atoms with Gasteiger partial charge in [-0.2, -0.15) is 0 Å². The molecule has 4 rings (SSSR count). The molecule has 1 aliphatic heterocycles. The minimum atomic E-state index is -1.60. The molecule has 25 heavy (non-hydrogen) atoms. The Bertz CT molecular complexity index is 958. The van der Waals surface area contributed by atoms with E-state index < -0.39 is 8.07 Å². The molecule has 0 N–H and O–H groups in total. The van der Waals surface area contributed by atoms with Crippen molar-refractivity contribution in [3.63, 3.8) is 0 Å². The molecular weight excluding hydrogens is 316 g/mol. The molecule has 0 nitrogen and oxygen atoms in total. The number of hydrogen-bond donors (Lipinski definition) is 0. The molecule has 3 aromatic carbocycles. The third kappa shape index (κ3) is 2.58. The van der Waals surface area contributed by atoms with Gasteiger partial charge >= 0.3 is 0 Å². The summed E-state index contributed by atoms with van der Waals surface area (Å²) in [6.45, 7) is 11.8. The van der Waals surface area contributed by atoms with E-state index in [0.717, 1.165) is 0 Å². The van der Waals surface area contributed by atoms with Crippen LogP contribution in [0.4, 0.5) is 0 Å². The van der Waals surface area contributed by atoms with Crippen molar-refractivity contribution in [3.8, 4) is 22.3 Å². The van der Waals surface area contributed by atoms with Gasteiger partial charge in [-0.05, 0) is 43.6 Å². The van der Waals surface area contributed by atoms with E-state index in [1.807, 2.05) is 0 Å². The first-order chi connectivity index (χ1) is 11.8. The van der Waals surface area contributed by atoms with Gasteiger partial charge in [-0.1, -0.05) is 101 Å². The molecule has 0 bridgehead atoms. The molecule has 0 amide bonds. The minimum absolute atomic E-state index is 0.178. The summed E-state index contributed by atoms with van der Waals surface area (Å²) in [5.41, 5.74) is 7.14. The molecule has 0 saturated heterocycles. The van der Waals surface area contributed by atoms with E-state index >= 15 is 0 Å². The van der Waals surface area contributed by atoms with Crippen LogP contribution in [-0.4, -0.2) is 8.07 Å². The zero-order valence-corrected chi connectivity index (χ0v) is 16.9. The average molecular weight is 343 g/mol. The largest absolute Gasteiger partial charge is 0.113 e. The molecule has 0 atom stereocenters. The number of fused-ring (bicyclic) bond motifs is 3. The highest BCUT2D eigenvalue weighted by Crippen LogP contribution is 2.32. The van der Waals surface area contributed by atoms with Crippen molar-refractivity contribution in [3.05, 3.63) is 72.3 Å². The van der Waals surface area contributed by atoms with E-state index in [-0.39, 0.29) is 5.41 Å². The summed E-state index contributed by atoms with van der Waals surface area (Å²) >= 11 is 0. The monoisotopic (exact) mass is 342 g/mol. The number of benzene rings is 3. The molecule has 1 aliphatic rings. The van der Waals surface area contributed by atoms with Crippen LogP contribution in [0.1, 0.15) is 26.3 Å². The predicted octanol–water partition coefficient (Wildman–Crippen LogP) is 5.45. The van der Waals surface area contributed by atoms with Crippen LogP contribution in [0.15, 0.2) is 66.7 Å². The molecule has 0 spiro atoms. The van der Waals surface area contributed by atoms with E-state index in [1.54, 1.807) is 10.4 Å². The fourth-order valence-electron chi connectivity index (χ4n) is 4.05. The summed E-state index contributed by atoms with van der Waals surface area (Å²) in [5, 5.41) is 3.15. The van der Waals surface area contributed by atoms with E-state index in [1.165, 1.54) is 27.8 Å². The fraction of sp³-hybridized carbons (Fsp3) is 0.250. The Hall–Kier alpha value is -2.12. The summed E-state index contributed by atoms with van der Waals surface area (Å²) in [5.74, 6) is 0. The Balaban J connectivity index is 1.86. The van der Waals surface area contributed by atoms with Gasteiger partial charge in [0.2, 0.25) is 0 Å². The Morgan fingerprint density at radius 1 is 0.640 bits per heavy atom. The zero-order valence-electron chi connectivity index (χ0n) is 15.9. The lowest BCUT2D eigenvalue weighted by Gasteiger charge is -2.21. The third-order valence-corrected chi connectivity index (χ3v) is 9.19. The quantitative estimate of drug-likeness (QED) is 0.516. The highest BCUT2D eigenvalue weighted by Gasteiger charge is 2.37. The molecular formula is C24H26Si. The van der Waals surface area contributed by atoms with Crippen molar-refractivity contribution in [1.82, 2.24) is 0 Å². The molecule has 126 valence electrons. The molecule has 0 radical (unpaired) electrons. The predicted molar refractivity (Wildman–Crippen MR) is 113 cm³/mol. The lowest BCUT2D eigenvalue weighted by atomic mass is 9.85. The smallest absolute Gasteiger partial charge is 0.0623 e. The van der Waals surface area contributed by atoms with E-state index in [2.05, 4.69) is 101 Å². The van der Waals surface area contributed by atoms with Gasteiger partial charge in [0, 0.05) is 0 Å². The normalized spacial score (nSPS) is 14.9. The van der Waals surface area contributed by atoms with Crippen molar-refractivity contribution >= 4 is 18.4 Å². The van der Waals surface area contributed by atoms with Crippen LogP contribution in [-0.2, 0) is 5.41 Å². The zero-order chi connectivity index (χ0) is 17.8. The summed E-state index contributed by atoms with van der Waals surface area (Å²) in [6, 6.07) is 25.1. The van der Waals surface area contributed by atoms with E-state index in [4.69, 9.17) is 0 Å². The van der Waals surface area contributed by atoms with Crippen LogP contribution in [0.25, 0.3) is 22.3 Å². The van der Waals surface area contributed by atoms with Gasteiger partial charge in [0.15, 0.2) is 0 Å². The molecule has 0 aromatic heterocycles. The highest BCUT2D eigenvalue weighted by molar-refractivity contribution is 7.03. The summed E-state index contributed by atoms with van der Waals surface area (Å²) in [7, 11) is -1.60. The van der Waals surface area contributed by atoms with E-state index in [0.29, 0.717) is 0 Å². The second-order valence-corrected chi connectivity index (χ2v) is 13.1. The van der Waals surface area contributed by atoms with Crippen LogP contribution in [0.3, 0.4) is 0 Å². The molecule has 0 saturated carbocycles. The maximum atomic E-state index is 2.48. The Morgan fingerprint density at radius 2 is 1.32 bits per heavy atom. The Morgan fingerprint density at radius 3 is 2.08 bits per heavy atom. The second-order valence-electron chi connectivity index (χ2n) is 8.76. The maximum absolute atomic E-state index is 2.48. The number of hydrogen-bond acceptors (Lipinski definition) is 0. The van der Waals surface area contributed by atoms with Crippen LogP contribution >= 0.6 is 0 Å². The van der Waals surface area contributed by atoms with Gasteiger partial charge in [-0.3, -0.25) is 0 Å². The molecule has 0 unspecified atom stereocenters. The Labute approximate surface area is 152 Å². The van der Waals surface area contributed by atoms with Crippen LogP contribution < -0.4 is 10.4 Å². The van der Waals surface area contributed by atoms with Crippen LogP contribution in [0.5, 0.6) is 0 Å². The van der Waals surface area contributed by atoms with Crippen LogP contribution in [0.2, 0.25) is 13.1 Å². The lowest BCUT2D eigenvalue weighted by molar-refractivity contribution is 0.590. The summed E-state index contributed by atoms with van der Waals surface area (Å²) < 4.78 is 0. The van der Waals surface area contributed by atoms with Crippen molar-refractivity contribution in [2.75, 3.05) is 0 Å². The van der Waals surface area contributed by atoms with Crippen molar-refractivity contribution < 1.29 is 0 Å². The molecule has 1 heterocycles. The molecule has 0 fully saturated rings. The second kappa shape index (κ2) is 5.44. The molecule has 0 aliphatic carbocycles. The first-order valence-corrected chi connectivity index (χ1v) is 12.1. The highest BCUT2D eigenvalue weighted by atomic mass is 28.3. The summed E-state index contributed by atoms with van der Waals surface area (Å²) in [6.07, 6.45) is 0. The maximum Gasteiger partial charge on any atom is 0.113 e. The topological polar surface area (TPSA) is 0 Å². The molecule has 3 aromatic rings. The van der Waals surface area contributed by atoms with Gasteiger partial charge < -0.3 is 0 Å². The van der Waals surface area contributed by atoms with Crippen molar-refractivity contribution in [1.29, 1.82) is 0 Å². The third-order valence-electron chi connectivity index (χ3n) is 5.65. The summed E-state index contributed by atoms with van der Waals surface area (Å²) in [4.78, 5) is 0. The van der Waals surface area contributed by atoms with Crippen LogP contribution in [0, 0.1) is 0 Å². The van der Waals surface area contributed by atoms with Gasteiger partial charge in [0.1, 0.15) is 8.07 Å². The fourth-order valence-corrected chi connectivity index (χ4v) is 7.15. The van der Waals surface area contributed by atoms with Crippen molar-refractivity contribution in [2.45, 2.75) is 39.3 Å². The minimum Gasteiger partial charge on any atom is -0.0623 e. The van der Waals surface area contributed by atoms with E-state index in [9.17, 15) is 0 Å². The Kier molecular flexibility index (Phi) is 3.56. The van der Waals surface area contributed by atoms with Gasteiger partial charge in [-0.25, -0.2) is 0 Å². The van der Waals surface area contributed by atoms with Crippen molar-refractivity contribution in [2.24, 2.45) is 0 Å². The van der Waals surface area contributed by atoms with Gasteiger partial charge in [0.05, 0.1) is 0 Å². The standard InChI is InChI=1S/C24H26Si/c1-24(2,3)19-10-8-9-17(15-19)18-13-14-21-20-11-6-7-12-22(20)25(4,5)23(21)16-18/h6-16H,1-5H3. The first kappa shape index (κ1) is 16.4. The van der Waals surface area contributed by atoms with Gasteiger partial charge in [0.25, 0.3) is 0 Å². The first-order valence-electron chi connectivity index (χ1n) is 9.14. The van der Waals surface area contributed by atoms with Gasteiger partial charge in [-0.15, -0.1) is 0 Å². The lowest BCUT2D eigenvalue weighted by Crippen LogP contribution is -2.49. The number of rotatable bonds is 1. The molecule has 1 heteroatoms. The average Bonchev–Trinajstić information content (AvgIpc) is 2.82.